The second kappa shape index (κ2) is 15.8. The van der Waals surface area contributed by atoms with E-state index in [1.165, 1.54) is 8.61 Å². The van der Waals surface area contributed by atoms with E-state index in [2.05, 4.69) is 4.98 Å². The van der Waals surface area contributed by atoms with Gasteiger partial charge in [0.2, 0.25) is 20.0 Å². The maximum atomic E-state index is 13.9. The number of pyridine rings is 1. The Bertz CT molecular complexity index is 1620. The fraction of sp³-hybridized carbons (Fsp3) is 0.452. The number of halogens is 1. The molecule has 0 saturated heterocycles. The van der Waals surface area contributed by atoms with Crippen LogP contribution < -0.4 is 0 Å². The molecule has 3 aromatic rings. The first-order valence-corrected chi connectivity index (χ1v) is 20.0. The Balaban J connectivity index is 1.79. The molecule has 1 aromatic heterocycles. The lowest BCUT2D eigenvalue weighted by Gasteiger charge is -2.31. The number of hydrogen-bond donors (Lipinski definition) is 0. The Hall–Kier alpha value is -2.19. The molecule has 0 spiro atoms. The number of hydrogen-bond acceptors (Lipinski definition) is 8. The molecule has 0 radical (unpaired) electrons. The van der Waals surface area contributed by atoms with Crippen LogP contribution in [0.15, 0.2) is 70.5 Å². The summed E-state index contributed by atoms with van der Waals surface area (Å²) in [6.45, 7) is 7.76. The van der Waals surface area contributed by atoms with Crippen molar-refractivity contribution in [1.29, 1.82) is 0 Å². The Morgan fingerprint density at radius 1 is 0.717 bits per heavy atom. The summed E-state index contributed by atoms with van der Waals surface area (Å²) >= 11 is 6.49. The van der Waals surface area contributed by atoms with E-state index in [-0.39, 0.29) is 75.1 Å². The van der Waals surface area contributed by atoms with Crippen molar-refractivity contribution in [2.75, 3.05) is 39.4 Å². The van der Waals surface area contributed by atoms with Crippen LogP contribution in [-0.4, -0.2) is 74.5 Å². The van der Waals surface area contributed by atoms with Gasteiger partial charge in [0.1, 0.15) is 0 Å². The van der Waals surface area contributed by atoms with Gasteiger partial charge in [-0.3, -0.25) is 14.0 Å². The topological polar surface area (TPSA) is 126 Å². The van der Waals surface area contributed by atoms with Gasteiger partial charge in [-0.2, -0.15) is 8.61 Å². The highest BCUT2D eigenvalue weighted by molar-refractivity contribution is 7.89. The van der Waals surface area contributed by atoms with Crippen molar-refractivity contribution in [3.8, 4) is 0 Å². The van der Waals surface area contributed by atoms with E-state index in [0.29, 0.717) is 16.4 Å². The van der Waals surface area contributed by atoms with E-state index in [9.17, 15) is 21.4 Å². The molecule has 0 amide bonds. The average molecular weight is 713 g/mol. The molecule has 11 nitrogen and oxygen atoms in total. The third-order valence-electron chi connectivity index (χ3n) is 7.47. The number of aryl methyl sites for hydroxylation is 2. The zero-order valence-corrected chi connectivity index (χ0v) is 29.9. The SMILES string of the molecule is CCOP(=O)(OCC)N1CCCN(S(=O)(=O)c2ccc(C)cc2)Cc2cc(Cl)cc(n2)CN(S(=O)(=O)c2ccc(C)cc2)CCC1. The summed E-state index contributed by atoms with van der Waals surface area (Å²) < 4.78 is 85.1. The van der Waals surface area contributed by atoms with Gasteiger partial charge in [-0.25, -0.2) is 26.1 Å². The molecule has 15 heteroatoms. The molecule has 46 heavy (non-hydrogen) atoms. The first-order valence-electron chi connectivity index (χ1n) is 15.2. The van der Waals surface area contributed by atoms with E-state index in [1.807, 2.05) is 13.8 Å². The molecular formula is C31H42ClN4O7PS2. The molecule has 252 valence electrons. The number of nitrogens with zero attached hydrogens (tertiary/aromatic N) is 4. The highest BCUT2D eigenvalue weighted by Gasteiger charge is 2.34. The predicted molar refractivity (Wildman–Crippen MR) is 178 cm³/mol. The van der Waals surface area contributed by atoms with Crippen LogP contribution in [0.5, 0.6) is 0 Å². The van der Waals surface area contributed by atoms with Crippen LogP contribution >= 0.6 is 19.3 Å². The first kappa shape index (κ1) is 36.6. The number of fused-ring (bicyclic) bond motifs is 2. The minimum absolute atomic E-state index is 0.0857. The zero-order valence-electron chi connectivity index (χ0n) is 26.6. The second-order valence-corrected chi connectivity index (χ2v) is 17.4. The number of sulfonamides is 2. The predicted octanol–water partition coefficient (Wildman–Crippen LogP) is 6.01. The monoisotopic (exact) mass is 712 g/mol. The summed E-state index contributed by atoms with van der Waals surface area (Å²) in [4.78, 5) is 4.93. The summed E-state index contributed by atoms with van der Waals surface area (Å²) in [7, 11) is -11.7. The zero-order chi connectivity index (χ0) is 33.5. The van der Waals surface area contributed by atoms with Gasteiger partial charge in [-0.1, -0.05) is 47.0 Å². The summed E-state index contributed by atoms with van der Waals surface area (Å²) in [5.41, 5.74) is 2.58. The van der Waals surface area contributed by atoms with Crippen LogP contribution in [0, 0.1) is 13.8 Å². The van der Waals surface area contributed by atoms with Gasteiger partial charge in [0.25, 0.3) is 0 Å². The fourth-order valence-electron chi connectivity index (χ4n) is 5.16. The molecule has 1 aliphatic rings. The number of benzene rings is 2. The van der Waals surface area contributed by atoms with E-state index in [0.717, 1.165) is 11.1 Å². The van der Waals surface area contributed by atoms with Gasteiger partial charge in [-0.05, 0) is 76.9 Å². The number of aromatic nitrogens is 1. The smallest absolute Gasteiger partial charge is 0.297 e. The maximum absolute atomic E-state index is 13.9. The summed E-state index contributed by atoms with van der Waals surface area (Å²) in [5, 5.41) is 0.313. The van der Waals surface area contributed by atoms with E-state index in [4.69, 9.17) is 20.6 Å². The van der Waals surface area contributed by atoms with Crippen molar-refractivity contribution in [2.24, 2.45) is 0 Å². The van der Waals surface area contributed by atoms with Gasteiger partial charge in [0.05, 0.1) is 47.5 Å². The molecule has 4 rings (SSSR count). The molecule has 0 saturated carbocycles. The van der Waals surface area contributed by atoms with E-state index < -0.39 is 27.8 Å². The number of rotatable bonds is 9. The second-order valence-electron chi connectivity index (χ2n) is 11.0. The molecule has 0 unspecified atom stereocenters. The third kappa shape index (κ3) is 9.03. The van der Waals surface area contributed by atoms with Gasteiger partial charge in [0, 0.05) is 31.2 Å². The molecule has 0 fully saturated rings. The Labute approximate surface area is 278 Å². The first-order chi connectivity index (χ1) is 21.8. The van der Waals surface area contributed by atoms with Gasteiger partial charge in [0.15, 0.2) is 0 Å². The van der Waals surface area contributed by atoms with E-state index >= 15 is 0 Å². The van der Waals surface area contributed by atoms with Gasteiger partial charge < -0.3 is 0 Å². The van der Waals surface area contributed by atoms with Crippen molar-refractivity contribution >= 4 is 39.4 Å². The quantitative estimate of drug-likeness (QED) is 0.245. The van der Waals surface area contributed by atoms with Gasteiger partial charge in [-0.15, -0.1) is 0 Å². The van der Waals surface area contributed by atoms with Crippen LogP contribution in [0.25, 0.3) is 0 Å². The van der Waals surface area contributed by atoms with Crippen LogP contribution in [-0.2, 0) is 46.7 Å². The highest BCUT2D eigenvalue weighted by atomic mass is 35.5. The van der Waals surface area contributed by atoms with Crippen LogP contribution in [0.3, 0.4) is 0 Å². The summed E-state index contributed by atoms with van der Waals surface area (Å²) in [6, 6.07) is 16.3. The minimum Gasteiger partial charge on any atom is -0.297 e. The normalized spacial score (nSPS) is 17.1. The lowest BCUT2D eigenvalue weighted by molar-refractivity contribution is 0.163. The summed E-state index contributed by atoms with van der Waals surface area (Å²) in [5.74, 6) is 0. The lowest BCUT2D eigenvalue weighted by Crippen LogP contribution is -2.37. The standard InChI is InChI=1S/C31H42ClN4O7PS2/c1-5-42-44(37,43-6-2)34-17-7-19-35(45(38,39)30-13-9-25(3)10-14-30)23-28-21-27(32)22-29(33-28)24-36(20-8-18-34)46(40,41)31-15-11-26(4)12-16-31/h9-16,21-22H,5-8,17-20,23-24H2,1-4H3. The maximum Gasteiger partial charge on any atom is 0.408 e. The van der Waals surface area contributed by atoms with Crippen LogP contribution in [0.2, 0.25) is 5.02 Å². The van der Waals surface area contributed by atoms with Crippen molar-refractivity contribution in [3.05, 3.63) is 88.2 Å². The summed E-state index contributed by atoms with van der Waals surface area (Å²) in [6.07, 6.45) is 0.571. The van der Waals surface area contributed by atoms with Crippen molar-refractivity contribution in [2.45, 2.75) is 63.4 Å². The Morgan fingerprint density at radius 2 is 1.11 bits per heavy atom. The molecule has 1 aliphatic heterocycles. The van der Waals surface area contributed by atoms with Crippen molar-refractivity contribution in [1.82, 2.24) is 18.3 Å². The van der Waals surface area contributed by atoms with Gasteiger partial charge >= 0.3 is 7.75 Å². The van der Waals surface area contributed by atoms with Crippen LogP contribution in [0.4, 0.5) is 0 Å². The molecule has 0 atom stereocenters. The molecule has 0 N–H and O–H groups in total. The molecule has 0 aliphatic carbocycles. The molecular weight excluding hydrogens is 671 g/mol. The molecule has 2 aromatic carbocycles. The fourth-order valence-corrected chi connectivity index (χ4v) is 10.1. The lowest BCUT2D eigenvalue weighted by atomic mass is 10.2. The van der Waals surface area contributed by atoms with Crippen molar-refractivity contribution in [3.63, 3.8) is 0 Å². The van der Waals surface area contributed by atoms with Crippen LogP contribution in [0.1, 0.15) is 49.2 Å². The Kier molecular flexibility index (Phi) is 12.6. The highest BCUT2D eigenvalue weighted by Crippen LogP contribution is 2.52. The third-order valence-corrected chi connectivity index (χ3v) is 13.7. The molecule has 2 bridgehead atoms. The van der Waals surface area contributed by atoms with E-state index in [1.54, 1.807) is 79.2 Å². The van der Waals surface area contributed by atoms with Crippen molar-refractivity contribution < 1.29 is 30.4 Å². The minimum atomic E-state index is -3.98. The average Bonchev–Trinajstić information content (AvgIpc) is 2.99. The molecule has 2 heterocycles. The Morgan fingerprint density at radius 3 is 1.48 bits per heavy atom. The largest absolute Gasteiger partial charge is 0.408 e.